The van der Waals surface area contributed by atoms with Crippen LogP contribution in [0.1, 0.15) is 13.3 Å². The van der Waals surface area contributed by atoms with E-state index >= 15 is 0 Å². The zero-order valence-electron chi connectivity index (χ0n) is 5.46. The molecule has 0 heterocycles. The third-order valence-corrected chi connectivity index (χ3v) is 1.26. The Balaban J connectivity index is 3.30. The molecule has 0 aromatic rings. The summed E-state index contributed by atoms with van der Waals surface area (Å²) < 4.78 is 36.0. The fraction of sp³-hybridized carbons (Fsp3) is 1.00. The Kier molecular flexibility index (Phi) is 4.01. The van der Waals surface area contributed by atoms with Crippen LogP contribution in [0, 0.1) is 0 Å². The average Bonchev–Trinajstić information content (AvgIpc) is 1.59. The van der Waals surface area contributed by atoms with Crippen molar-refractivity contribution in [1.29, 1.82) is 0 Å². The van der Waals surface area contributed by atoms with E-state index in [1.165, 1.54) is 6.92 Å². The van der Waals surface area contributed by atoms with Crippen molar-refractivity contribution in [3.63, 3.8) is 0 Å². The minimum Gasteiger partial charge on any atom is -0.393 e. The van der Waals surface area contributed by atoms with E-state index in [0.29, 0.717) is 0 Å². The molecule has 0 rings (SSSR count). The van der Waals surface area contributed by atoms with Gasteiger partial charge in [0.25, 0.3) is 0 Å². The summed E-state index contributed by atoms with van der Waals surface area (Å²) in [6, 6.07) is 0. The van der Waals surface area contributed by atoms with E-state index in [4.69, 9.17) is 5.11 Å². The first-order valence-corrected chi connectivity index (χ1v) is 4.14. The van der Waals surface area contributed by atoms with Crippen LogP contribution in [0.3, 0.4) is 0 Å². The fourth-order valence-corrected chi connectivity index (χ4v) is 0.647. The number of aliphatic hydroxyl groups is 1. The van der Waals surface area contributed by atoms with Crippen LogP contribution in [0.4, 0.5) is 8.39 Å². The van der Waals surface area contributed by atoms with Gasteiger partial charge in [0.1, 0.15) is 0 Å². The van der Waals surface area contributed by atoms with E-state index in [2.05, 4.69) is 4.52 Å². The van der Waals surface area contributed by atoms with Crippen molar-refractivity contribution in [3.8, 4) is 0 Å². The van der Waals surface area contributed by atoms with Crippen LogP contribution in [-0.4, -0.2) is 17.8 Å². The smallest absolute Gasteiger partial charge is 0.393 e. The van der Waals surface area contributed by atoms with Gasteiger partial charge in [-0.05, 0) is 13.3 Å². The van der Waals surface area contributed by atoms with Crippen LogP contribution < -0.4 is 0 Å². The van der Waals surface area contributed by atoms with E-state index in [-0.39, 0.29) is 13.0 Å². The first kappa shape index (κ1) is 10.0. The first-order valence-electron chi connectivity index (χ1n) is 2.74. The Bertz CT molecular complexity index is 132. The summed E-state index contributed by atoms with van der Waals surface area (Å²) in [5.74, 6) is 0. The van der Waals surface area contributed by atoms with Gasteiger partial charge in [0.15, 0.2) is 0 Å². The van der Waals surface area contributed by atoms with Gasteiger partial charge >= 0.3 is 7.99 Å². The molecular formula is C4H9F2O3P. The van der Waals surface area contributed by atoms with Gasteiger partial charge in [0.2, 0.25) is 0 Å². The van der Waals surface area contributed by atoms with Crippen LogP contribution in [-0.2, 0) is 9.09 Å². The molecule has 0 aliphatic heterocycles. The van der Waals surface area contributed by atoms with Gasteiger partial charge in [0.05, 0.1) is 12.7 Å². The van der Waals surface area contributed by atoms with Gasteiger partial charge in [-0.15, -0.1) is 8.39 Å². The van der Waals surface area contributed by atoms with Crippen LogP contribution in [0.15, 0.2) is 0 Å². The van der Waals surface area contributed by atoms with Gasteiger partial charge in [-0.1, -0.05) is 0 Å². The zero-order valence-corrected chi connectivity index (χ0v) is 6.35. The van der Waals surface area contributed by atoms with Crippen LogP contribution >= 0.6 is 7.99 Å². The highest BCUT2D eigenvalue weighted by atomic mass is 31.2. The lowest BCUT2D eigenvalue weighted by molar-refractivity contribution is 0.148. The summed E-state index contributed by atoms with van der Waals surface area (Å²) in [5.41, 5.74) is 0. The largest absolute Gasteiger partial charge is 0.551 e. The highest BCUT2D eigenvalue weighted by Gasteiger charge is 2.19. The Morgan fingerprint density at radius 2 is 2.20 bits per heavy atom. The first-order chi connectivity index (χ1) is 4.42. The SMILES string of the molecule is CC(O)CCOP(=O)(F)F. The molecule has 0 aromatic carbocycles. The lowest BCUT2D eigenvalue weighted by Crippen LogP contribution is -2.03. The summed E-state index contributed by atoms with van der Waals surface area (Å²) in [6.07, 6.45) is -0.635. The molecule has 0 amide bonds. The maximum absolute atomic E-state index is 11.4. The van der Waals surface area contributed by atoms with Crippen molar-refractivity contribution in [2.45, 2.75) is 19.4 Å². The van der Waals surface area contributed by atoms with E-state index in [1.807, 2.05) is 0 Å². The van der Waals surface area contributed by atoms with Crippen molar-refractivity contribution in [2.24, 2.45) is 0 Å². The van der Waals surface area contributed by atoms with Gasteiger partial charge in [0, 0.05) is 0 Å². The third kappa shape index (κ3) is 8.01. The Labute approximate surface area is 57.7 Å². The number of aliphatic hydroxyl groups excluding tert-OH is 1. The summed E-state index contributed by atoms with van der Waals surface area (Å²) in [5, 5.41) is 8.53. The molecule has 0 saturated carbocycles. The van der Waals surface area contributed by atoms with E-state index in [0.717, 1.165) is 0 Å². The molecule has 10 heavy (non-hydrogen) atoms. The monoisotopic (exact) mass is 174 g/mol. The topological polar surface area (TPSA) is 46.5 Å². The fourth-order valence-electron chi connectivity index (χ4n) is 0.330. The molecule has 0 spiro atoms. The summed E-state index contributed by atoms with van der Waals surface area (Å²) in [7, 11) is -5.33. The van der Waals surface area contributed by atoms with E-state index in [1.54, 1.807) is 0 Å². The predicted octanol–water partition coefficient (Wildman–Crippen LogP) is 1.82. The highest BCUT2D eigenvalue weighted by Crippen LogP contribution is 2.50. The zero-order chi connectivity index (χ0) is 8.20. The van der Waals surface area contributed by atoms with Crippen LogP contribution in [0.2, 0.25) is 0 Å². The minimum atomic E-state index is -5.33. The maximum atomic E-state index is 11.4. The van der Waals surface area contributed by atoms with E-state index < -0.39 is 14.1 Å². The molecule has 0 saturated heterocycles. The number of halogens is 2. The normalized spacial score (nSPS) is 15.2. The molecule has 0 bridgehead atoms. The molecule has 3 nitrogen and oxygen atoms in total. The molecule has 1 unspecified atom stereocenters. The quantitative estimate of drug-likeness (QED) is 0.661. The number of rotatable bonds is 4. The second-order valence-corrected chi connectivity index (χ2v) is 2.97. The molecular weight excluding hydrogens is 165 g/mol. The molecule has 1 atom stereocenters. The summed E-state index contributed by atoms with van der Waals surface area (Å²) in [6.45, 7) is 1.06. The third-order valence-electron chi connectivity index (χ3n) is 0.777. The molecule has 0 radical (unpaired) electrons. The Hall–Kier alpha value is 0.01000. The highest BCUT2D eigenvalue weighted by molar-refractivity contribution is 7.47. The maximum Gasteiger partial charge on any atom is 0.551 e. The van der Waals surface area contributed by atoms with Crippen LogP contribution in [0.25, 0.3) is 0 Å². The van der Waals surface area contributed by atoms with Gasteiger partial charge < -0.3 is 5.11 Å². The van der Waals surface area contributed by atoms with Crippen molar-refractivity contribution >= 4 is 7.99 Å². The standard InChI is InChI=1S/C4H9F2O3P/c1-4(7)2-3-9-10(5,6)8/h4,7H,2-3H2,1H3. The van der Waals surface area contributed by atoms with Gasteiger partial charge in [-0.25, -0.2) is 4.57 Å². The molecule has 1 N–H and O–H groups in total. The predicted molar refractivity (Wildman–Crippen MR) is 32.1 cm³/mol. The van der Waals surface area contributed by atoms with Crippen molar-refractivity contribution in [3.05, 3.63) is 0 Å². The van der Waals surface area contributed by atoms with Crippen molar-refractivity contribution in [2.75, 3.05) is 6.61 Å². The van der Waals surface area contributed by atoms with E-state index in [9.17, 15) is 13.0 Å². The molecule has 62 valence electrons. The summed E-state index contributed by atoms with van der Waals surface area (Å²) >= 11 is 0. The van der Waals surface area contributed by atoms with Crippen molar-refractivity contribution in [1.82, 2.24) is 0 Å². The second kappa shape index (κ2) is 4.01. The van der Waals surface area contributed by atoms with Gasteiger partial charge in [-0.3, -0.25) is 4.52 Å². The molecule has 0 aliphatic carbocycles. The average molecular weight is 174 g/mol. The van der Waals surface area contributed by atoms with Crippen LogP contribution in [0.5, 0.6) is 0 Å². The lowest BCUT2D eigenvalue weighted by Gasteiger charge is -2.02. The molecule has 0 aliphatic rings. The summed E-state index contributed by atoms with van der Waals surface area (Å²) in [4.78, 5) is 0. The molecule has 0 aromatic heterocycles. The Morgan fingerprint density at radius 3 is 2.50 bits per heavy atom. The lowest BCUT2D eigenvalue weighted by atomic mass is 10.3. The molecule has 0 fully saturated rings. The number of hydrogen-bond donors (Lipinski definition) is 1. The minimum absolute atomic E-state index is 0.0673. The Morgan fingerprint density at radius 1 is 1.70 bits per heavy atom. The number of hydrogen-bond acceptors (Lipinski definition) is 3. The molecule has 6 heteroatoms. The van der Waals surface area contributed by atoms with Gasteiger partial charge in [-0.2, -0.15) is 0 Å². The second-order valence-electron chi connectivity index (χ2n) is 1.89. The van der Waals surface area contributed by atoms with Crippen molar-refractivity contribution < 1.29 is 22.6 Å².